The summed E-state index contributed by atoms with van der Waals surface area (Å²) in [4.78, 5) is 18.1. The smallest absolute Gasteiger partial charge is 0.252 e. The van der Waals surface area contributed by atoms with Gasteiger partial charge in [0, 0.05) is 13.2 Å². The molecule has 0 spiro atoms. The summed E-state index contributed by atoms with van der Waals surface area (Å²) in [6.45, 7) is 1.77. The SMILES string of the molecule is COC1CCCC1Nc1cc(=O)[nH]c(C)n1. The van der Waals surface area contributed by atoms with Crippen molar-refractivity contribution in [3.05, 3.63) is 22.2 Å². The topological polar surface area (TPSA) is 67.0 Å². The summed E-state index contributed by atoms with van der Waals surface area (Å²) in [5, 5.41) is 3.27. The van der Waals surface area contributed by atoms with Gasteiger partial charge in [0.2, 0.25) is 0 Å². The van der Waals surface area contributed by atoms with Crippen LogP contribution in [0.1, 0.15) is 25.1 Å². The molecule has 0 radical (unpaired) electrons. The summed E-state index contributed by atoms with van der Waals surface area (Å²) in [6.07, 6.45) is 3.50. The zero-order valence-corrected chi connectivity index (χ0v) is 9.62. The van der Waals surface area contributed by atoms with Crippen LogP contribution in [-0.4, -0.2) is 29.2 Å². The molecule has 5 heteroatoms. The Morgan fingerprint density at radius 3 is 3.06 bits per heavy atom. The molecular weight excluding hydrogens is 206 g/mol. The number of rotatable bonds is 3. The number of anilines is 1. The number of aromatic nitrogens is 2. The van der Waals surface area contributed by atoms with Gasteiger partial charge in [-0.05, 0) is 26.2 Å². The molecule has 1 aliphatic rings. The molecule has 1 heterocycles. The van der Waals surface area contributed by atoms with E-state index in [0.29, 0.717) is 11.6 Å². The Kier molecular flexibility index (Phi) is 3.24. The van der Waals surface area contributed by atoms with Crippen LogP contribution in [0.4, 0.5) is 5.82 Å². The van der Waals surface area contributed by atoms with Gasteiger partial charge in [-0.15, -0.1) is 0 Å². The first-order valence-electron chi connectivity index (χ1n) is 5.56. The Labute approximate surface area is 94.2 Å². The lowest BCUT2D eigenvalue weighted by atomic mass is 10.2. The first-order valence-corrected chi connectivity index (χ1v) is 5.56. The molecule has 2 N–H and O–H groups in total. The molecule has 5 nitrogen and oxygen atoms in total. The van der Waals surface area contributed by atoms with Crippen molar-refractivity contribution >= 4 is 5.82 Å². The number of ether oxygens (including phenoxy) is 1. The summed E-state index contributed by atoms with van der Waals surface area (Å²) >= 11 is 0. The minimum absolute atomic E-state index is 0.123. The largest absolute Gasteiger partial charge is 0.379 e. The van der Waals surface area contributed by atoms with Gasteiger partial charge in [-0.2, -0.15) is 0 Å². The number of nitrogens with zero attached hydrogens (tertiary/aromatic N) is 1. The van der Waals surface area contributed by atoms with Crippen LogP contribution in [0, 0.1) is 6.92 Å². The predicted molar refractivity (Wildman–Crippen MR) is 61.7 cm³/mol. The molecule has 0 bridgehead atoms. The van der Waals surface area contributed by atoms with Crippen LogP contribution in [0.5, 0.6) is 0 Å². The van der Waals surface area contributed by atoms with Gasteiger partial charge in [-0.3, -0.25) is 4.79 Å². The Morgan fingerprint density at radius 2 is 2.38 bits per heavy atom. The molecule has 2 rings (SSSR count). The normalized spacial score (nSPS) is 24.6. The van der Waals surface area contributed by atoms with Crippen molar-refractivity contribution in [1.82, 2.24) is 9.97 Å². The lowest BCUT2D eigenvalue weighted by Crippen LogP contribution is -2.30. The van der Waals surface area contributed by atoms with Crippen molar-refractivity contribution in [2.24, 2.45) is 0 Å². The average molecular weight is 223 g/mol. The number of methoxy groups -OCH3 is 1. The lowest BCUT2D eigenvalue weighted by molar-refractivity contribution is 0.101. The first-order chi connectivity index (χ1) is 7.69. The van der Waals surface area contributed by atoms with E-state index in [2.05, 4.69) is 15.3 Å². The number of H-pyrrole nitrogens is 1. The van der Waals surface area contributed by atoms with E-state index >= 15 is 0 Å². The highest BCUT2D eigenvalue weighted by Gasteiger charge is 2.27. The van der Waals surface area contributed by atoms with Crippen molar-refractivity contribution < 1.29 is 4.74 Å². The van der Waals surface area contributed by atoms with E-state index in [4.69, 9.17) is 4.74 Å². The molecule has 2 atom stereocenters. The Bertz CT molecular complexity index is 416. The van der Waals surface area contributed by atoms with E-state index < -0.39 is 0 Å². The maximum absolute atomic E-state index is 11.3. The number of aromatic amines is 1. The molecule has 0 aromatic carbocycles. The van der Waals surface area contributed by atoms with Crippen LogP contribution < -0.4 is 10.9 Å². The molecule has 1 aromatic rings. The zero-order valence-electron chi connectivity index (χ0n) is 9.62. The highest BCUT2D eigenvalue weighted by molar-refractivity contribution is 5.35. The van der Waals surface area contributed by atoms with Crippen LogP contribution in [0.15, 0.2) is 10.9 Å². The number of nitrogens with one attached hydrogen (secondary N) is 2. The molecule has 1 aliphatic carbocycles. The summed E-state index contributed by atoms with van der Waals surface area (Å²) < 4.78 is 5.38. The fraction of sp³-hybridized carbons (Fsp3) is 0.636. The van der Waals surface area contributed by atoms with Crippen molar-refractivity contribution in [2.45, 2.75) is 38.3 Å². The van der Waals surface area contributed by atoms with Gasteiger partial charge in [0.15, 0.2) is 0 Å². The molecule has 16 heavy (non-hydrogen) atoms. The zero-order chi connectivity index (χ0) is 11.5. The third-order valence-corrected chi connectivity index (χ3v) is 2.95. The molecular formula is C11H17N3O2. The molecule has 88 valence electrons. The second kappa shape index (κ2) is 4.65. The Balaban J connectivity index is 2.11. The Morgan fingerprint density at radius 1 is 1.56 bits per heavy atom. The molecule has 2 unspecified atom stereocenters. The monoisotopic (exact) mass is 223 g/mol. The maximum atomic E-state index is 11.3. The van der Waals surface area contributed by atoms with Gasteiger partial charge in [-0.25, -0.2) is 4.98 Å². The third kappa shape index (κ3) is 2.41. The maximum Gasteiger partial charge on any atom is 0.252 e. The average Bonchev–Trinajstić information content (AvgIpc) is 2.63. The fourth-order valence-electron chi connectivity index (χ4n) is 2.22. The highest BCUT2D eigenvalue weighted by atomic mass is 16.5. The summed E-state index contributed by atoms with van der Waals surface area (Å²) in [7, 11) is 1.72. The summed E-state index contributed by atoms with van der Waals surface area (Å²) in [5.41, 5.74) is -0.123. The van der Waals surface area contributed by atoms with Crippen molar-refractivity contribution in [3.8, 4) is 0 Å². The van der Waals surface area contributed by atoms with Gasteiger partial charge in [0.05, 0.1) is 12.1 Å². The van der Waals surface area contributed by atoms with Crippen LogP contribution in [-0.2, 0) is 4.74 Å². The lowest BCUT2D eigenvalue weighted by Gasteiger charge is -2.20. The van der Waals surface area contributed by atoms with Crippen molar-refractivity contribution in [1.29, 1.82) is 0 Å². The standard InChI is InChI=1S/C11H17N3O2/c1-7-12-10(6-11(15)13-7)14-8-4-3-5-9(8)16-2/h6,8-9H,3-5H2,1-2H3,(H2,12,13,14,15). The second-order valence-electron chi connectivity index (χ2n) is 4.17. The quantitative estimate of drug-likeness (QED) is 0.804. The third-order valence-electron chi connectivity index (χ3n) is 2.95. The van der Waals surface area contributed by atoms with Crippen LogP contribution in [0.25, 0.3) is 0 Å². The van der Waals surface area contributed by atoms with Gasteiger partial charge in [-0.1, -0.05) is 0 Å². The van der Waals surface area contributed by atoms with E-state index in [1.807, 2.05) is 0 Å². The van der Waals surface area contributed by atoms with Gasteiger partial charge in [0.25, 0.3) is 5.56 Å². The first kappa shape index (κ1) is 11.1. The molecule has 0 amide bonds. The van der Waals surface area contributed by atoms with Crippen LogP contribution in [0.2, 0.25) is 0 Å². The highest BCUT2D eigenvalue weighted by Crippen LogP contribution is 2.23. The predicted octanol–water partition coefficient (Wildman–Crippen LogP) is 1.06. The number of aryl methyl sites for hydroxylation is 1. The molecule has 1 saturated carbocycles. The van der Waals surface area contributed by atoms with Gasteiger partial charge >= 0.3 is 0 Å². The minimum Gasteiger partial charge on any atom is -0.379 e. The summed E-state index contributed by atoms with van der Waals surface area (Å²) in [5.74, 6) is 1.26. The fourth-order valence-corrected chi connectivity index (χ4v) is 2.22. The van der Waals surface area contributed by atoms with Gasteiger partial charge < -0.3 is 15.0 Å². The van der Waals surface area contributed by atoms with E-state index in [1.54, 1.807) is 14.0 Å². The van der Waals surface area contributed by atoms with Crippen LogP contribution >= 0.6 is 0 Å². The van der Waals surface area contributed by atoms with Crippen LogP contribution in [0.3, 0.4) is 0 Å². The van der Waals surface area contributed by atoms with E-state index in [9.17, 15) is 4.79 Å². The second-order valence-corrected chi connectivity index (χ2v) is 4.17. The minimum atomic E-state index is -0.123. The van der Waals surface area contributed by atoms with E-state index in [0.717, 1.165) is 19.3 Å². The molecule has 0 saturated heterocycles. The Hall–Kier alpha value is -1.36. The van der Waals surface area contributed by atoms with Crippen molar-refractivity contribution in [3.63, 3.8) is 0 Å². The van der Waals surface area contributed by atoms with Crippen molar-refractivity contribution in [2.75, 3.05) is 12.4 Å². The van der Waals surface area contributed by atoms with E-state index in [-0.39, 0.29) is 17.7 Å². The number of hydrogen-bond acceptors (Lipinski definition) is 4. The molecule has 1 fully saturated rings. The number of hydrogen-bond donors (Lipinski definition) is 2. The molecule has 1 aromatic heterocycles. The summed E-state index contributed by atoms with van der Waals surface area (Å²) in [6, 6.07) is 1.75. The van der Waals surface area contributed by atoms with E-state index in [1.165, 1.54) is 6.07 Å². The molecule has 0 aliphatic heterocycles. The van der Waals surface area contributed by atoms with Gasteiger partial charge in [0.1, 0.15) is 11.6 Å².